The van der Waals surface area contributed by atoms with Crippen molar-refractivity contribution in [2.24, 2.45) is 0 Å². The van der Waals surface area contributed by atoms with Crippen molar-refractivity contribution >= 4 is 0 Å². The van der Waals surface area contributed by atoms with E-state index >= 15 is 0 Å². The minimum Gasteiger partial charge on any atom is -0.463 e. The van der Waals surface area contributed by atoms with Crippen molar-refractivity contribution in [1.29, 1.82) is 0 Å². The Hall–Kier alpha value is -1.06. The lowest BCUT2D eigenvalue weighted by atomic mass is 10.1. The Balaban J connectivity index is 1.95. The molecule has 0 aromatic carbocycles. The summed E-state index contributed by atoms with van der Waals surface area (Å²) in [6, 6.07) is 2.19. The summed E-state index contributed by atoms with van der Waals surface area (Å²) in [6.45, 7) is 14.8. The zero-order valence-corrected chi connectivity index (χ0v) is 13.5. The van der Waals surface area contributed by atoms with Crippen molar-refractivity contribution in [3.05, 3.63) is 34.8 Å². The maximum atomic E-state index is 6.02. The SMILES string of the molecule is CC1=CCCN(Cc2cc(C)c(CNC(C)(C)C)o2)C1. The lowest BCUT2D eigenvalue weighted by Gasteiger charge is -2.24. The number of aryl methyl sites for hydroxylation is 1. The molecule has 1 aliphatic rings. The van der Waals surface area contributed by atoms with Crippen LogP contribution in [0.2, 0.25) is 0 Å². The molecule has 0 atom stereocenters. The van der Waals surface area contributed by atoms with Crippen molar-refractivity contribution in [2.75, 3.05) is 13.1 Å². The number of nitrogens with zero attached hydrogens (tertiary/aromatic N) is 1. The zero-order chi connectivity index (χ0) is 14.8. The van der Waals surface area contributed by atoms with Crippen molar-refractivity contribution in [3.63, 3.8) is 0 Å². The highest BCUT2D eigenvalue weighted by molar-refractivity contribution is 5.20. The Bertz CT molecular complexity index is 480. The number of furan rings is 1. The molecule has 0 unspecified atom stereocenters. The summed E-state index contributed by atoms with van der Waals surface area (Å²) in [5, 5.41) is 3.49. The Kier molecular flexibility index (Phi) is 4.71. The first-order chi connectivity index (χ1) is 9.33. The Morgan fingerprint density at radius 3 is 2.70 bits per heavy atom. The van der Waals surface area contributed by atoms with Gasteiger partial charge in [0.1, 0.15) is 11.5 Å². The summed E-state index contributed by atoms with van der Waals surface area (Å²) < 4.78 is 6.02. The molecular formula is C17H28N2O. The van der Waals surface area contributed by atoms with Crippen LogP contribution in [0.5, 0.6) is 0 Å². The molecule has 2 rings (SSSR count). The predicted octanol–water partition coefficient (Wildman–Crippen LogP) is 3.63. The zero-order valence-electron chi connectivity index (χ0n) is 13.5. The van der Waals surface area contributed by atoms with E-state index in [0.717, 1.165) is 44.1 Å². The Morgan fingerprint density at radius 2 is 2.05 bits per heavy atom. The lowest BCUT2D eigenvalue weighted by molar-refractivity contribution is 0.253. The average Bonchev–Trinajstić information content (AvgIpc) is 2.66. The van der Waals surface area contributed by atoms with Gasteiger partial charge in [-0.1, -0.05) is 11.6 Å². The van der Waals surface area contributed by atoms with Gasteiger partial charge in [-0.3, -0.25) is 4.90 Å². The summed E-state index contributed by atoms with van der Waals surface area (Å²) >= 11 is 0. The Labute approximate surface area is 123 Å². The van der Waals surface area contributed by atoms with E-state index in [1.165, 1.54) is 11.1 Å². The average molecular weight is 276 g/mol. The van der Waals surface area contributed by atoms with Crippen LogP contribution in [0.4, 0.5) is 0 Å². The van der Waals surface area contributed by atoms with Gasteiger partial charge in [0.25, 0.3) is 0 Å². The van der Waals surface area contributed by atoms with E-state index in [1.54, 1.807) is 0 Å². The van der Waals surface area contributed by atoms with E-state index in [-0.39, 0.29) is 5.54 Å². The summed E-state index contributed by atoms with van der Waals surface area (Å²) in [6.07, 6.45) is 3.49. The second-order valence-corrected chi connectivity index (χ2v) is 6.97. The molecule has 0 radical (unpaired) electrons. The molecule has 20 heavy (non-hydrogen) atoms. The van der Waals surface area contributed by atoms with Crippen molar-refractivity contribution < 1.29 is 4.42 Å². The minimum atomic E-state index is 0.119. The van der Waals surface area contributed by atoms with Gasteiger partial charge in [-0.15, -0.1) is 0 Å². The molecule has 0 bridgehead atoms. The fourth-order valence-electron chi connectivity index (χ4n) is 2.53. The fraction of sp³-hybridized carbons (Fsp3) is 0.647. The maximum absolute atomic E-state index is 6.02. The summed E-state index contributed by atoms with van der Waals surface area (Å²) in [4.78, 5) is 2.45. The van der Waals surface area contributed by atoms with E-state index in [2.05, 4.69) is 57.0 Å². The highest BCUT2D eigenvalue weighted by Crippen LogP contribution is 2.19. The largest absolute Gasteiger partial charge is 0.463 e. The van der Waals surface area contributed by atoms with Gasteiger partial charge in [0.05, 0.1) is 13.1 Å². The molecule has 0 fully saturated rings. The molecule has 2 heterocycles. The molecule has 0 saturated carbocycles. The van der Waals surface area contributed by atoms with Crippen molar-refractivity contribution in [1.82, 2.24) is 10.2 Å². The first kappa shape index (κ1) is 15.3. The van der Waals surface area contributed by atoms with Crippen molar-refractivity contribution in [2.45, 2.75) is 59.7 Å². The third-order valence-corrected chi connectivity index (χ3v) is 3.64. The molecule has 0 aliphatic carbocycles. The summed E-state index contributed by atoms with van der Waals surface area (Å²) in [5.41, 5.74) is 2.84. The van der Waals surface area contributed by atoms with Crippen LogP contribution in [0.1, 0.15) is 51.2 Å². The molecule has 1 aliphatic heterocycles. The molecule has 1 aromatic rings. The molecule has 112 valence electrons. The van der Waals surface area contributed by atoms with Gasteiger partial charge in [-0.2, -0.15) is 0 Å². The van der Waals surface area contributed by atoms with E-state index < -0.39 is 0 Å². The molecule has 3 nitrogen and oxygen atoms in total. The van der Waals surface area contributed by atoms with Gasteiger partial charge in [-0.05, 0) is 52.7 Å². The van der Waals surface area contributed by atoms with Gasteiger partial charge in [-0.25, -0.2) is 0 Å². The monoisotopic (exact) mass is 276 g/mol. The second kappa shape index (κ2) is 6.15. The molecule has 1 aromatic heterocycles. The third kappa shape index (κ3) is 4.50. The molecular weight excluding hydrogens is 248 g/mol. The summed E-state index contributed by atoms with van der Waals surface area (Å²) in [5.74, 6) is 2.15. The molecule has 3 heteroatoms. The number of rotatable bonds is 4. The molecule has 0 saturated heterocycles. The minimum absolute atomic E-state index is 0.119. The van der Waals surface area contributed by atoms with Crippen LogP contribution in [-0.4, -0.2) is 23.5 Å². The van der Waals surface area contributed by atoms with Crippen LogP contribution in [0.25, 0.3) is 0 Å². The smallest absolute Gasteiger partial charge is 0.120 e. The summed E-state index contributed by atoms with van der Waals surface area (Å²) in [7, 11) is 0. The predicted molar refractivity (Wildman–Crippen MR) is 83.7 cm³/mol. The third-order valence-electron chi connectivity index (χ3n) is 3.64. The van der Waals surface area contributed by atoms with Gasteiger partial charge in [0.2, 0.25) is 0 Å². The maximum Gasteiger partial charge on any atom is 0.120 e. The quantitative estimate of drug-likeness (QED) is 0.851. The molecule has 0 spiro atoms. The standard InChI is InChI=1S/C17H28N2O/c1-13-7-6-8-19(11-13)12-15-9-14(2)16(20-15)10-18-17(3,4)5/h7,9,18H,6,8,10-12H2,1-5H3. The van der Waals surface area contributed by atoms with E-state index in [1.807, 2.05) is 0 Å². The fourth-order valence-corrected chi connectivity index (χ4v) is 2.53. The van der Waals surface area contributed by atoms with Crippen LogP contribution < -0.4 is 5.32 Å². The van der Waals surface area contributed by atoms with E-state index in [0.29, 0.717) is 0 Å². The van der Waals surface area contributed by atoms with E-state index in [4.69, 9.17) is 4.42 Å². The van der Waals surface area contributed by atoms with Gasteiger partial charge < -0.3 is 9.73 Å². The number of nitrogens with one attached hydrogen (secondary N) is 1. The van der Waals surface area contributed by atoms with Crippen LogP contribution in [0.15, 0.2) is 22.1 Å². The number of hydrogen-bond acceptors (Lipinski definition) is 3. The normalized spacial score (nSPS) is 17.4. The van der Waals surface area contributed by atoms with E-state index in [9.17, 15) is 0 Å². The van der Waals surface area contributed by atoms with Gasteiger partial charge >= 0.3 is 0 Å². The number of hydrogen-bond donors (Lipinski definition) is 1. The lowest BCUT2D eigenvalue weighted by Crippen LogP contribution is -2.35. The Morgan fingerprint density at radius 1 is 1.30 bits per heavy atom. The molecule has 0 amide bonds. The van der Waals surface area contributed by atoms with Crippen LogP contribution >= 0.6 is 0 Å². The van der Waals surface area contributed by atoms with Crippen molar-refractivity contribution in [3.8, 4) is 0 Å². The highest BCUT2D eigenvalue weighted by Gasteiger charge is 2.16. The first-order valence-electron chi connectivity index (χ1n) is 7.55. The highest BCUT2D eigenvalue weighted by atomic mass is 16.3. The topological polar surface area (TPSA) is 28.4 Å². The first-order valence-corrected chi connectivity index (χ1v) is 7.55. The van der Waals surface area contributed by atoms with Crippen LogP contribution in [-0.2, 0) is 13.1 Å². The van der Waals surface area contributed by atoms with Crippen LogP contribution in [0, 0.1) is 6.92 Å². The second-order valence-electron chi connectivity index (χ2n) is 6.97. The van der Waals surface area contributed by atoms with Crippen LogP contribution in [0.3, 0.4) is 0 Å². The van der Waals surface area contributed by atoms with Gasteiger partial charge in [0.15, 0.2) is 0 Å². The van der Waals surface area contributed by atoms with Gasteiger partial charge in [0, 0.05) is 18.6 Å². The molecule has 1 N–H and O–H groups in total.